The summed E-state index contributed by atoms with van der Waals surface area (Å²) in [6.07, 6.45) is 5.74. The predicted molar refractivity (Wildman–Crippen MR) is 49.7 cm³/mol. The van der Waals surface area contributed by atoms with E-state index < -0.39 is 0 Å². The highest BCUT2D eigenvalue weighted by atomic mass is 14.9. The van der Waals surface area contributed by atoms with Gasteiger partial charge in [-0.25, -0.2) is 0 Å². The third-order valence-corrected chi connectivity index (χ3v) is 2.62. The van der Waals surface area contributed by atoms with Crippen LogP contribution in [0.15, 0.2) is 0 Å². The zero-order valence-electron chi connectivity index (χ0n) is 7.90. The Hall–Kier alpha value is -0.550. The third kappa shape index (κ3) is 2.83. The van der Waals surface area contributed by atoms with Crippen LogP contribution in [0.1, 0.15) is 39.0 Å². The molecule has 2 heteroatoms. The van der Waals surface area contributed by atoms with E-state index in [0.717, 1.165) is 19.5 Å². The fraction of sp³-hybridized carbons (Fsp3) is 0.900. The highest BCUT2D eigenvalue weighted by molar-refractivity contribution is 5.00. The van der Waals surface area contributed by atoms with Gasteiger partial charge < -0.3 is 5.32 Å². The van der Waals surface area contributed by atoms with Gasteiger partial charge in [-0.05, 0) is 31.2 Å². The fourth-order valence-corrected chi connectivity index (χ4v) is 1.42. The Labute approximate surface area is 75.0 Å². The fourth-order valence-electron chi connectivity index (χ4n) is 1.42. The lowest BCUT2D eigenvalue weighted by atomic mass is 10.0. The lowest BCUT2D eigenvalue weighted by Crippen LogP contribution is -2.24. The highest BCUT2D eigenvalue weighted by Gasteiger charge is 2.41. The van der Waals surface area contributed by atoms with Gasteiger partial charge in [0.25, 0.3) is 0 Å². The summed E-state index contributed by atoms with van der Waals surface area (Å²) in [7, 11) is 0. The van der Waals surface area contributed by atoms with E-state index >= 15 is 0 Å². The molecule has 0 bridgehead atoms. The average Bonchev–Trinajstić information content (AvgIpc) is 2.81. The highest BCUT2D eigenvalue weighted by Crippen LogP contribution is 2.47. The van der Waals surface area contributed by atoms with Gasteiger partial charge in [-0.15, -0.1) is 0 Å². The molecule has 0 atom stereocenters. The number of unbranched alkanes of at least 4 members (excludes halogenated alkanes) is 1. The second-order valence-electron chi connectivity index (χ2n) is 3.87. The zero-order valence-corrected chi connectivity index (χ0v) is 7.90. The summed E-state index contributed by atoms with van der Waals surface area (Å²) in [4.78, 5) is 0. The maximum Gasteiger partial charge on any atom is 0.0628 e. The van der Waals surface area contributed by atoms with Gasteiger partial charge >= 0.3 is 0 Å². The van der Waals surface area contributed by atoms with E-state index in [2.05, 4.69) is 18.3 Å². The van der Waals surface area contributed by atoms with Gasteiger partial charge in [0.05, 0.1) is 6.07 Å². The van der Waals surface area contributed by atoms with Gasteiger partial charge in [-0.1, -0.05) is 13.3 Å². The molecule has 12 heavy (non-hydrogen) atoms. The van der Waals surface area contributed by atoms with Crippen LogP contribution in [0.25, 0.3) is 0 Å². The molecule has 1 rings (SSSR count). The van der Waals surface area contributed by atoms with E-state index in [1.807, 2.05) is 0 Å². The normalized spacial score (nSPS) is 18.7. The van der Waals surface area contributed by atoms with Crippen LogP contribution in [-0.2, 0) is 0 Å². The molecule has 0 saturated heterocycles. The number of nitrogens with zero attached hydrogens (tertiary/aromatic N) is 1. The molecule has 68 valence electrons. The van der Waals surface area contributed by atoms with Gasteiger partial charge in [0.2, 0.25) is 0 Å². The summed E-state index contributed by atoms with van der Waals surface area (Å²) in [6.45, 7) is 4.37. The van der Waals surface area contributed by atoms with Crippen LogP contribution in [0, 0.1) is 16.7 Å². The van der Waals surface area contributed by atoms with Crippen molar-refractivity contribution >= 4 is 0 Å². The average molecular weight is 166 g/mol. The second kappa shape index (κ2) is 4.47. The minimum atomic E-state index is 0.377. The third-order valence-electron chi connectivity index (χ3n) is 2.62. The first-order valence-corrected chi connectivity index (χ1v) is 4.91. The number of nitrogens with one attached hydrogen (secondary N) is 1. The number of rotatable bonds is 6. The van der Waals surface area contributed by atoms with Crippen molar-refractivity contribution in [1.29, 1.82) is 5.26 Å². The van der Waals surface area contributed by atoms with Crippen molar-refractivity contribution in [3.8, 4) is 6.07 Å². The molecule has 0 aromatic rings. The quantitative estimate of drug-likeness (QED) is 0.613. The smallest absolute Gasteiger partial charge is 0.0628 e. The molecule has 1 aliphatic rings. The molecule has 0 aromatic carbocycles. The summed E-state index contributed by atoms with van der Waals surface area (Å²) in [5.74, 6) is 0. The van der Waals surface area contributed by atoms with Crippen molar-refractivity contribution in [2.75, 3.05) is 13.1 Å². The van der Waals surface area contributed by atoms with Crippen LogP contribution in [-0.4, -0.2) is 13.1 Å². The van der Waals surface area contributed by atoms with Crippen LogP contribution >= 0.6 is 0 Å². The van der Waals surface area contributed by atoms with Crippen molar-refractivity contribution in [2.45, 2.75) is 39.0 Å². The van der Waals surface area contributed by atoms with E-state index in [1.54, 1.807) is 0 Å². The number of hydrogen-bond donors (Lipinski definition) is 1. The van der Waals surface area contributed by atoms with E-state index in [0.29, 0.717) is 5.41 Å². The molecular weight excluding hydrogens is 148 g/mol. The van der Waals surface area contributed by atoms with Gasteiger partial charge in [-0.2, -0.15) is 5.26 Å². The first-order valence-electron chi connectivity index (χ1n) is 4.91. The Morgan fingerprint density at radius 1 is 1.50 bits per heavy atom. The molecule has 2 nitrogen and oxygen atoms in total. The Morgan fingerprint density at radius 2 is 2.25 bits per heavy atom. The summed E-state index contributed by atoms with van der Waals surface area (Å²) >= 11 is 0. The molecule has 0 amide bonds. The van der Waals surface area contributed by atoms with E-state index in [1.165, 1.54) is 25.7 Å². The van der Waals surface area contributed by atoms with Crippen LogP contribution in [0.4, 0.5) is 0 Å². The Morgan fingerprint density at radius 3 is 2.75 bits per heavy atom. The van der Waals surface area contributed by atoms with Gasteiger partial charge in [0.15, 0.2) is 0 Å². The summed E-state index contributed by atoms with van der Waals surface area (Å²) in [6, 6.07) is 2.27. The molecular formula is C10H18N2. The summed E-state index contributed by atoms with van der Waals surface area (Å²) in [5, 5.41) is 12.0. The topological polar surface area (TPSA) is 35.8 Å². The number of nitriles is 1. The van der Waals surface area contributed by atoms with Crippen molar-refractivity contribution in [2.24, 2.45) is 5.41 Å². The maximum absolute atomic E-state index is 8.57. The first-order chi connectivity index (χ1) is 5.83. The van der Waals surface area contributed by atoms with Gasteiger partial charge in [0.1, 0.15) is 0 Å². The van der Waals surface area contributed by atoms with Crippen molar-refractivity contribution < 1.29 is 0 Å². The van der Waals surface area contributed by atoms with Crippen LogP contribution in [0.5, 0.6) is 0 Å². The maximum atomic E-state index is 8.57. The molecule has 0 radical (unpaired) electrons. The zero-order chi connectivity index (χ0) is 8.86. The molecule has 1 aliphatic carbocycles. The largest absolute Gasteiger partial charge is 0.316 e. The second-order valence-corrected chi connectivity index (χ2v) is 3.87. The molecule has 0 heterocycles. The van der Waals surface area contributed by atoms with Crippen molar-refractivity contribution in [3.05, 3.63) is 0 Å². The van der Waals surface area contributed by atoms with E-state index in [4.69, 9.17) is 5.26 Å². The first kappa shape index (κ1) is 9.54. The molecule has 0 aliphatic heterocycles. The Bertz CT molecular complexity index is 165. The summed E-state index contributed by atoms with van der Waals surface area (Å²) in [5.41, 5.74) is 0.377. The van der Waals surface area contributed by atoms with Crippen LogP contribution in [0.3, 0.4) is 0 Å². The minimum Gasteiger partial charge on any atom is -0.316 e. The van der Waals surface area contributed by atoms with Gasteiger partial charge in [-0.3, -0.25) is 0 Å². The monoisotopic (exact) mass is 166 g/mol. The van der Waals surface area contributed by atoms with E-state index in [-0.39, 0.29) is 0 Å². The summed E-state index contributed by atoms with van der Waals surface area (Å²) < 4.78 is 0. The van der Waals surface area contributed by atoms with Gasteiger partial charge in [0, 0.05) is 13.0 Å². The molecule has 0 aromatic heterocycles. The SMILES string of the molecule is CCCCNCC1(CC#N)CC1. The molecule has 1 saturated carbocycles. The van der Waals surface area contributed by atoms with Crippen molar-refractivity contribution in [1.82, 2.24) is 5.32 Å². The van der Waals surface area contributed by atoms with Crippen molar-refractivity contribution in [3.63, 3.8) is 0 Å². The molecule has 1 fully saturated rings. The predicted octanol–water partition coefficient (Wildman–Crippen LogP) is 2.07. The molecule has 0 spiro atoms. The lowest BCUT2D eigenvalue weighted by Gasteiger charge is -2.11. The molecule has 0 unspecified atom stereocenters. The van der Waals surface area contributed by atoms with Crippen LogP contribution in [0.2, 0.25) is 0 Å². The van der Waals surface area contributed by atoms with E-state index in [9.17, 15) is 0 Å². The number of hydrogen-bond acceptors (Lipinski definition) is 2. The lowest BCUT2D eigenvalue weighted by molar-refractivity contribution is 0.463. The Balaban J connectivity index is 2.03. The molecule has 1 N–H and O–H groups in total. The van der Waals surface area contributed by atoms with Crippen LogP contribution < -0.4 is 5.32 Å². The Kier molecular flexibility index (Phi) is 3.55. The minimum absolute atomic E-state index is 0.377. The standard InChI is InChI=1S/C10H18N2/c1-2-3-8-12-9-10(4-5-10)6-7-11/h12H,2-6,8-9H2,1H3.